The van der Waals surface area contributed by atoms with Crippen molar-refractivity contribution >= 4 is 0 Å². The SMILES string of the molecule is C=CC(C)(O)CCC=C(C)CCC=C(C)C.C=CC(C)(O)CCC=C(C)CCC=C(C)C.C=CC(C)(O)CCC=C(C)CCC=C(C)C.C=CC(C)(O)CCC=C(C)CCC=C(C)C. The molecule has 4 heteroatoms. The molecule has 0 aromatic heterocycles. The molecule has 0 amide bonds. The lowest BCUT2D eigenvalue weighted by molar-refractivity contribution is 0.103. The third-order valence-electron chi connectivity index (χ3n) is 10.7. The molecule has 0 aromatic carbocycles. The predicted molar refractivity (Wildman–Crippen MR) is 290 cm³/mol. The van der Waals surface area contributed by atoms with Crippen molar-refractivity contribution in [3.8, 4) is 0 Å². The summed E-state index contributed by atoms with van der Waals surface area (Å²) in [5, 5.41) is 38.9. The highest BCUT2D eigenvalue weighted by molar-refractivity contribution is 5.07. The van der Waals surface area contributed by atoms with Crippen molar-refractivity contribution in [3.63, 3.8) is 0 Å². The van der Waals surface area contributed by atoms with Crippen LogP contribution in [0.4, 0.5) is 0 Å². The molecule has 4 atom stereocenters. The predicted octanol–water partition coefficient (Wildman–Crippen LogP) is 17.6. The Labute approximate surface area is 398 Å². The van der Waals surface area contributed by atoms with E-state index in [0.29, 0.717) is 0 Å². The summed E-state index contributed by atoms with van der Waals surface area (Å²) in [6.45, 7) is 47.3. The van der Waals surface area contributed by atoms with Crippen LogP contribution in [-0.2, 0) is 0 Å². The van der Waals surface area contributed by atoms with E-state index in [2.05, 4.69) is 158 Å². The van der Waals surface area contributed by atoms with Crippen molar-refractivity contribution in [2.75, 3.05) is 0 Å². The van der Waals surface area contributed by atoms with Gasteiger partial charge in [0.2, 0.25) is 0 Å². The van der Waals surface area contributed by atoms with E-state index in [4.69, 9.17) is 0 Å². The molecule has 64 heavy (non-hydrogen) atoms. The second kappa shape index (κ2) is 38.9. The zero-order chi connectivity index (χ0) is 50.4. The number of hydrogen-bond acceptors (Lipinski definition) is 4. The summed E-state index contributed by atoms with van der Waals surface area (Å²) in [6.07, 6.45) is 39.9. The van der Waals surface area contributed by atoms with Crippen LogP contribution in [0.15, 0.2) is 144 Å². The fourth-order valence-electron chi connectivity index (χ4n) is 5.61. The highest BCUT2D eigenvalue weighted by Crippen LogP contribution is 2.19. The van der Waals surface area contributed by atoms with Crippen LogP contribution in [-0.4, -0.2) is 42.8 Å². The Morgan fingerprint density at radius 2 is 0.453 bits per heavy atom. The molecular formula is C60H104O4. The highest BCUT2D eigenvalue weighted by atomic mass is 16.3. The van der Waals surface area contributed by atoms with E-state index in [1.54, 1.807) is 52.0 Å². The summed E-state index contributed by atoms with van der Waals surface area (Å²) in [5.74, 6) is 0. The first-order valence-corrected chi connectivity index (χ1v) is 24.1. The minimum absolute atomic E-state index is 0.726. The van der Waals surface area contributed by atoms with Crippen molar-refractivity contribution in [1.29, 1.82) is 0 Å². The number of aliphatic hydroxyl groups is 4. The van der Waals surface area contributed by atoms with Crippen molar-refractivity contribution in [1.82, 2.24) is 0 Å². The van der Waals surface area contributed by atoms with Crippen molar-refractivity contribution in [2.45, 2.75) is 236 Å². The topological polar surface area (TPSA) is 80.9 Å². The number of allylic oxidation sites excluding steroid dienone is 16. The first-order chi connectivity index (χ1) is 29.5. The van der Waals surface area contributed by atoms with Gasteiger partial charge >= 0.3 is 0 Å². The normalized spacial score (nSPS) is 15.4. The van der Waals surface area contributed by atoms with Gasteiger partial charge in [-0.1, -0.05) is 117 Å². The first-order valence-electron chi connectivity index (χ1n) is 24.1. The fourth-order valence-corrected chi connectivity index (χ4v) is 5.61. The lowest BCUT2D eigenvalue weighted by atomic mass is 9.99. The zero-order valence-corrected chi connectivity index (χ0v) is 44.9. The highest BCUT2D eigenvalue weighted by Gasteiger charge is 2.15. The van der Waals surface area contributed by atoms with Crippen LogP contribution in [0.25, 0.3) is 0 Å². The van der Waals surface area contributed by atoms with Crippen LogP contribution in [0, 0.1) is 0 Å². The Kier molecular flexibility index (Phi) is 41.0. The third-order valence-corrected chi connectivity index (χ3v) is 10.7. The number of rotatable bonds is 28. The summed E-state index contributed by atoms with van der Waals surface area (Å²) < 4.78 is 0. The molecule has 0 saturated heterocycles. The van der Waals surface area contributed by atoms with Crippen LogP contribution in [0.5, 0.6) is 0 Å². The maximum absolute atomic E-state index is 9.73. The standard InChI is InChI=1S/4C15H26O/c4*1-6-15(5,16)12-8-11-14(4)10-7-9-13(2)3/h4*6,9,11,16H,1,7-8,10,12H2,2-5H3. The molecule has 4 unspecified atom stereocenters. The Balaban J connectivity index is -0.000000375. The molecule has 0 aliphatic heterocycles. The Hall–Kier alpha value is -3.28. The van der Waals surface area contributed by atoms with E-state index in [1.807, 2.05) is 0 Å². The largest absolute Gasteiger partial charge is 0.386 e. The molecule has 0 bridgehead atoms. The van der Waals surface area contributed by atoms with Crippen molar-refractivity contribution < 1.29 is 20.4 Å². The molecule has 0 aliphatic rings. The van der Waals surface area contributed by atoms with Gasteiger partial charge in [-0.2, -0.15) is 0 Å². The molecule has 0 aliphatic carbocycles. The van der Waals surface area contributed by atoms with Gasteiger partial charge in [0, 0.05) is 0 Å². The average Bonchev–Trinajstić information content (AvgIpc) is 3.18. The minimum atomic E-state index is -0.726. The van der Waals surface area contributed by atoms with Crippen LogP contribution < -0.4 is 0 Å². The molecule has 0 fully saturated rings. The second-order valence-electron chi connectivity index (χ2n) is 19.9. The summed E-state index contributed by atoms with van der Waals surface area (Å²) in [5.41, 5.74) is 8.21. The van der Waals surface area contributed by atoms with E-state index < -0.39 is 22.4 Å². The molecule has 4 nitrogen and oxygen atoms in total. The van der Waals surface area contributed by atoms with Gasteiger partial charge in [-0.05, 0) is 214 Å². The van der Waals surface area contributed by atoms with E-state index in [1.165, 1.54) is 44.6 Å². The van der Waals surface area contributed by atoms with Crippen LogP contribution in [0.1, 0.15) is 214 Å². The Bertz CT molecular complexity index is 1290. The summed E-state index contributed by atoms with van der Waals surface area (Å²) in [7, 11) is 0. The monoisotopic (exact) mass is 889 g/mol. The minimum Gasteiger partial charge on any atom is -0.386 e. The molecule has 0 spiro atoms. The van der Waals surface area contributed by atoms with Gasteiger partial charge in [-0.15, -0.1) is 26.3 Å². The van der Waals surface area contributed by atoms with Gasteiger partial charge < -0.3 is 20.4 Å². The molecular weight excluding hydrogens is 785 g/mol. The molecule has 368 valence electrons. The molecule has 0 radical (unpaired) electrons. The van der Waals surface area contributed by atoms with Gasteiger partial charge in [0.15, 0.2) is 0 Å². The van der Waals surface area contributed by atoms with Gasteiger partial charge in [-0.25, -0.2) is 0 Å². The molecule has 4 N–H and O–H groups in total. The molecule has 0 heterocycles. The summed E-state index contributed by atoms with van der Waals surface area (Å²) >= 11 is 0. The molecule has 0 rings (SSSR count). The van der Waals surface area contributed by atoms with Crippen molar-refractivity contribution in [3.05, 3.63) is 144 Å². The van der Waals surface area contributed by atoms with E-state index in [0.717, 1.165) is 103 Å². The Morgan fingerprint density at radius 1 is 0.297 bits per heavy atom. The van der Waals surface area contributed by atoms with Gasteiger partial charge in [0.25, 0.3) is 0 Å². The van der Waals surface area contributed by atoms with E-state index >= 15 is 0 Å². The van der Waals surface area contributed by atoms with E-state index in [-0.39, 0.29) is 0 Å². The van der Waals surface area contributed by atoms with E-state index in [9.17, 15) is 20.4 Å². The quantitative estimate of drug-likeness (QED) is 0.0590. The molecule has 0 saturated carbocycles. The number of hydrogen-bond donors (Lipinski definition) is 4. The smallest absolute Gasteiger partial charge is 0.0800 e. The second-order valence-corrected chi connectivity index (χ2v) is 19.9. The van der Waals surface area contributed by atoms with Gasteiger partial charge in [0.1, 0.15) is 0 Å². The maximum atomic E-state index is 9.73. The van der Waals surface area contributed by atoms with Crippen molar-refractivity contribution in [2.24, 2.45) is 0 Å². The lowest BCUT2D eigenvalue weighted by Crippen LogP contribution is -2.19. The Morgan fingerprint density at radius 3 is 0.578 bits per heavy atom. The third kappa shape index (κ3) is 53.1. The fraction of sp³-hybridized carbons (Fsp3) is 0.600. The summed E-state index contributed by atoms with van der Waals surface area (Å²) in [4.78, 5) is 0. The van der Waals surface area contributed by atoms with Crippen LogP contribution in [0.3, 0.4) is 0 Å². The van der Waals surface area contributed by atoms with Crippen LogP contribution >= 0.6 is 0 Å². The van der Waals surface area contributed by atoms with Crippen LogP contribution in [0.2, 0.25) is 0 Å². The molecule has 0 aromatic rings. The summed E-state index contributed by atoms with van der Waals surface area (Å²) in [6, 6.07) is 0. The first kappa shape index (κ1) is 67.3. The average molecular weight is 889 g/mol. The lowest BCUT2D eigenvalue weighted by Gasteiger charge is -2.16. The maximum Gasteiger partial charge on any atom is 0.0800 e. The zero-order valence-electron chi connectivity index (χ0n) is 44.9. The van der Waals surface area contributed by atoms with Gasteiger partial charge in [-0.3, -0.25) is 0 Å². The van der Waals surface area contributed by atoms with Gasteiger partial charge in [0.05, 0.1) is 22.4 Å².